The number of amides is 1. The first-order chi connectivity index (χ1) is 13.9. The molecule has 29 heavy (non-hydrogen) atoms. The number of aryl methyl sites for hydroxylation is 1. The highest BCUT2D eigenvalue weighted by molar-refractivity contribution is 5.91. The van der Waals surface area contributed by atoms with Gasteiger partial charge in [0.25, 0.3) is 5.56 Å². The van der Waals surface area contributed by atoms with Crippen LogP contribution < -0.4 is 21.5 Å². The number of nitrogens with one attached hydrogen (secondary N) is 1. The van der Waals surface area contributed by atoms with Crippen LogP contribution in [0.4, 0.5) is 16.2 Å². The number of aromatic nitrogens is 4. The van der Waals surface area contributed by atoms with Crippen molar-refractivity contribution in [1.29, 1.82) is 0 Å². The van der Waals surface area contributed by atoms with Crippen LogP contribution in [0.5, 0.6) is 0 Å². The molecule has 3 aromatic rings. The van der Waals surface area contributed by atoms with Crippen molar-refractivity contribution in [3.63, 3.8) is 0 Å². The zero-order valence-corrected chi connectivity index (χ0v) is 16.5. The fourth-order valence-corrected chi connectivity index (χ4v) is 3.60. The molecule has 0 aliphatic carbocycles. The van der Waals surface area contributed by atoms with Crippen molar-refractivity contribution >= 4 is 28.6 Å². The standard InChI is InChI=1S/C19H22N6O4/c1-12-13(5-4-6-14(12)25-9-10-29-19(25)28)20-7-8-24-11-21-16-15(24)17(26)23(3)18(27)22(16)2/h4-6,11,20H,7-10H2,1-3H3. The van der Waals surface area contributed by atoms with Crippen LogP contribution in [0.2, 0.25) is 0 Å². The van der Waals surface area contributed by atoms with Crippen molar-refractivity contribution in [3.05, 3.63) is 50.9 Å². The normalized spacial score (nSPS) is 13.9. The van der Waals surface area contributed by atoms with Crippen molar-refractivity contribution < 1.29 is 9.53 Å². The number of ether oxygens (including phenoxy) is 1. The molecule has 1 aromatic carbocycles. The Hall–Kier alpha value is -3.56. The van der Waals surface area contributed by atoms with E-state index < -0.39 is 5.69 Å². The van der Waals surface area contributed by atoms with E-state index in [0.717, 1.165) is 21.5 Å². The average molecular weight is 398 g/mol. The number of hydrogen-bond donors (Lipinski definition) is 1. The van der Waals surface area contributed by atoms with Gasteiger partial charge in [-0.05, 0) is 24.6 Å². The Morgan fingerprint density at radius 2 is 1.97 bits per heavy atom. The third kappa shape index (κ3) is 3.06. The van der Waals surface area contributed by atoms with Gasteiger partial charge in [-0.25, -0.2) is 14.6 Å². The van der Waals surface area contributed by atoms with Crippen LogP contribution in [-0.2, 0) is 25.4 Å². The number of carbonyl (C=O) groups is 1. The lowest BCUT2D eigenvalue weighted by atomic mass is 10.1. The molecule has 3 heterocycles. The van der Waals surface area contributed by atoms with E-state index in [4.69, 9.17) is 4.74 Å². The maximum Gasteiger partial charge on any atom is 0.414 e. The van der Waals surface area contributed by atoms with Crippen molar-refractivity contribution in [2.75, 3.05) is 29.9 Å². The molecule has 0 radical (unpaired) electrons. The molecule has 0 spiro atoms. The van der Waals surface area contributed by atoms with Crippen molar-refractivity contribution in [1.82, 2.24) is 18.7 Å². The highest BCUT2D eigenvalue weighted by Crippen LogP contribution is 2.28. The lowest BCUT2D eigenvalue weighted by Gasteiger charge is -2.19. The van der Waals surface area contributed by atoms with Crippen LogP contribution in [0.25, 0.3) is 11.2 Å². The summed E-state index contributed by atoms with van der Waals surface area (Å²) in [6.07, 6.45) is 1.23. The predicted molar refractivity (Wildman–Crippen MR) is 109 cm³/mol. The van der Waals surface area contributed by atoms with Crippen molar-refractivity contribution in [2.45, 2.75) is 13.5 Å². The number of carbonyl (C=O) groups excluding carboxylic acids is 1. The number of hydrogen-bond acceptors (Lipinski definition) is 6. The Morgan fingerprint density at radius 1 is 1.17 bits per heavy atom. The molecule has 10 nitrogen and oxygen atoms in total. The van der Waals surface area contributed by atoms with Crippen LogP contribution in [0.15, 0.2) is 34.1 Å². The zero-order chi connectivity index (χ0) is 20.7. The molecule has 1 amide bonds. The Labute approximate surface area is 165 Å². The molecule has 1 N–H and O–H groups in total. The zero-order valence-electron chi connectivity index (χ0n) is 16.5. The minimum absolute atomic E-state index is 0.336. The van der Waals surface area contributed by atoms with Gasteiger partial charge in [0.2, 0.25) is 0 Å². The lowest BCUT2D eigenvalue weighted by Crippen LogP contribution is -2.37. The van der Waals surface area contributed by atoms with Crippen molar-refractivity contribution in [2.24, 2.45) is 14.1 Å². The Bertz CT molecular complexity index is 1220. The first kappa shape index (κ1) is 18.8. The number of cyclic esters (lactones) is 1. The smallest absolute Gasteiger partial charge is 0.414 e. The van der Waals surface area contributed by atoms with Crippen LogP contribution in [0, 0.1) is 6.92 Å². The van der Waals surface area contributed by atoms with Gasteiger partial charge in [0.05, 0.1) is 18.6 Å². The Kier molecular flexibility index (Phi) is 4.61. The molecule has 0 unspecified atom stereocenters. The van der Waals surface area contributed by atoms with Gasteiger partial charge in [-0.1, -0.05) is 6.07 Å². The number of rotatable bonds is 5. The molecule has 1 fully saturated rings. The number of imidazole rings is 1. The SMILES string of the molecule is Cc1c(NCCn2cnc3c2c(=O)n(C)c(=O)n3C)cccc1N1CCOC1=O. The number of benzene rings is 1. The fraction of sp³-hybridized carbons (Fsp3) is 0.368. The fourth-order valence-electron chi connectivity index (χ4n) is 3.60. The van der Waals surface area contributed by atoms with E-state index in [0.29, 0.717) is 37.4 Å². The van der Waals surface area contributed by atoms with E-state index >= 15 is 0 Å². The summed E-state index contributed by atoms with van der Waals surface area (Å²) in [6, 6.07) is 5.71. The van der Waals surface area contributed by atoms with E-state index in [9.17, 15) is 14.4 Å². The molecule has 0 bridgehead atoms. The highest BCUT2D eigenvalue weighted by atomic mass is 16.6. The minimum atomic E-state index is -0.404. The molecule has 2 aromatic heterocycles. The monoisotopic (exact) mass is 398 g/mol. The summed E-state index contributed by atoms with van der Waals surface area (Å²) in [5.41, 5.74) is 2.64. The molecular weight excluding hydrogens is 376 g/mol. The van der Waals surface area contributed by atoms with Gasteiger partial charge < -0.3 is 14.6 Å². The third-order valence-corrected chi connectivity index (χ3v) is 5.24. The van der Waals surface area contributed by atoms with E-state index in [-0.39, 0.29) is 11.7 Å². The van der Waals surface area contributed by atoms with Gasteiger partial charge in [0.1, 0.15) is 6.61 Å². The van der Waals surface area contributed by atoms with Gasteiger partial charge in [0.15, 0.2) is 11.2 Å². The summed E-state index contributed by atoms with van der Waals surface area (Å²) in [6.45, 7) is 3.89. The number of nitrogens with zero attached hydrogens (tertiary/aromatic N) is 5. The molecule has 1 aliphatic rings. The van der Waals surface area contributed by atoms with Crippen LogP contribution in [0.1, 0.15) is 5.56 Å². The van der Waals surface area contributed by atoms with E-state index in [2.05, 4.69) is 10.3 Å². The second-order valence-corrected chi connectivity index (χ2v) is 6.96. The predicted octanol–water partition coefficient (Wildman–Crippen LogP) is 0.811. The summed E-state index contributed by atoms with van der Waals surface area (Å²) in [5, 5.41) is 3.35. The molecule has 152 valence electrons. The summed E-state index contributed by atoms with van der Waals surface area (Å²) in [4.78, 5) is 42.3. The molecule has 0 atom stereocenters. The largest absolute Gasteiger partial charge is 0.447 e. The minimum Gasteiger partial charge on any atom is -0.447 e. The molecule has 4 rings (SSSR count). The number of fused-ring (bicyclic) bond motifs is 1. The molecule has 10 heteroatoms. The van der Waals surface area contributed by atoms with E-state index in [1.807, 2.05) is 25.1 Å². The van der Waals surface area contributed by atoms with Gasteiger partial charge in [-0.15, -0.1) is 0 Å². The first-order valence-corrected chi connectivity index (χ1v) is 9.28. The van der Waals surface area contributed by atoms with Crippen LogP contribution in [-0.4, -0.2) is 44.5 Å². The van der Waals surface area contributed by atoms with Gasteiger partial charge >= 0.3 is 11.8 Å². The Morgan fingerprint density at radius 3 is 2.69 bits per heavy atom. The second-order valence-electron chi connectivity index (χ2n) is 6.96. The summed E-state index contributed by atoms with van der Waals surface area (Å²) in [7, 11) is 3.05. The van der Waals surface area contributed by atoms with Gasteiger partial charge in [-0.2, -0.15) is 0 Å². The first-order valence-electron chi connectivity index (χ1n) is 9.28. The van der Waals surface area contributed by atoms with Crippen LogP contribution >= 0.6 is 0 Å². The lowest BCUT2D eigenvalue weighted by molar-refractivity contribution is 0.181. The Balaban J connectivity index is 1.55. The second kappa shape index (κ2) is 7.12. The summed E-state index contributed by atoms with van der Waals surface area (Å²) in [5.74, 6) is 0. The van der Waals surface area contributed by atoms with E-state index in [1.54, 1.807) is 22.8 Å². The summed E-state index contributed by atoms with van der Waals surface area (Å²) < 4.78 is 9.21. The maximum absolute atomic E-state index is 12.5. The summed E-state index contributed by atoms with van der Waals surface area (Å²) >= 11 is 0. The molecular formula is C19H22N6O4. The average Bonchev–Trinajstić information content (AvgIpc) is 3.32. The van der Waals surface area contributed by atoms with Gasteiger partial charge in [-0.3, -0.25) is 18.8 Å². The van der Waals surface area contributed by atoms with Gasteiger partial charge in [0, 0.05) is 32.9 Å². The third-order valence-electron chi connectivity index (χ3n) is 5.24. The molecule has 1 aliphatic heterocycles. The maximum atomic E-state index is 12.5. The molecule has 1 saturated heterocycles. The number of anilines is 2. The molecule has 0 saturated carbocycles. The highest BCUT2D eigenvalue weighted by Gasteiger charge is 2.25. The van der Waals surface area contributed by atoms with Crippen LogP contribution in [0.3, 0.4) is 0 Å². The van der Waals surface area contributed by atoms with E-state index in [1.165, 1.54) is 11.6 Å². The topological polar surface area (TPSA) is 103 Å². The van der Waals surface area contributed by atoms with Crippen molar-refractivity contribution in [3.8, 4) is 0 Å². The quantitative estimate of drug-likeness (QED) is 0.682.